The first-order valence-corrected chi connectivity index (χ1v) is 7.48. The quantitative estimate of drug-likeness (QED) is 0.725. The fourth-order valence-electron chi connectivity index (χ4n) is 2.65. The number of nitrogens with zero attached hydrogens (tertiary/aromatic N) is 1. The Kier molecular flexibility index (Phi) is 4.92. The van der Waals surface area contributed by atoms with Crippen LogP contribution in [0, 0.1) is 5.82 Å². The van der Waals surface area contributed by atoms with Gasteiger partial charge in [0.15, 0.2) is 12.2 Å². The number of oxazole rings is 1. The summed E-state index contributed by atoms with van der Waals surface area (Å²) < 4.78 is 48.6. The number of halogens is 3. The van der Waals surface area contributed by atoms with Gasteiger partial charge in [-0.25, -0.2) is 9.37 Å². The Morgan fingerprint density at radius 2 is 1.92 bits per heavy atom. The van der Waals surface area contributed by atoms with Gasteiger partial charge in [0.05, 0.1) is 17.7 Å². The molecule has 0 saturated carbocycles. The predicted molar refractivity (Wildman–Crippen MR) is 86.0 cm³/mol. The number of hydrogen-bond donors (Lipinski definition) is 1. The van der Waals surface area contributed by atoms with Crippen LogP contribution in [-0.2, 0) is 4.79 Å². The molecule has 1 heterocycles. The fourth-order valence-corrected chi connectivity index (χ4v) is 2.65. The van der Waals surface area contributed by atoms with Crippen LogP contribution in [0.5, 0.6) is 5.75 Å². The number of rotatable bonds is 6. The first-order valence-electron chi connectivity index (χ1n) is 7.48. The highest BCUT2D eigenvalue weighted by atomic mass is 19.3. The number of ether oxygens (including phenoxy) is 1. The number of nitrogens with two attached hydrogens (primary N) is 1. The minimum absolute atomic E-state index is 0.123. The zero-order valence-electron chi connectivity index (χ0n) is 13.2. The van der Waals surface area contributed by atoms with Crippen LogP contribution in [0.3, 0.4) is 0 Å². The normalized spacial score (nSPS) is 12.2. The largest absolute Gasteiger partial charge is 0.443 e. The third kappa shape index (κ3) is 3.69. The number of benzene rings is 2. The van der Waals surface area contributed by atoms with Gasteiger partial charge in [-0.2, -0.15) is 8.78 Å². The molecule has 1 aromatic heterocycles. The van der Waals surface area contributed by atoms with E-state index < -0.39 is 24.3 Å². The summed E-state index contributed by atoms with van der Waals surface area (Å²) in [4.78, 5) is 15.7. The minimum atomic E-state index is -3.00. The Hall–Kier alpha value is -3.29. The highest BCUT2D eigenvalue weighted by Gasteiger charge is 2.23. The average Bonchev–Trinajstić information content (AvgIpc) is 3.09. The van der Waals surface area contributed by atoms with E-state index in [0.29, 0.717) is 5.56 Å². The molecular weight excluding hydrogens is 349 g/mol. The minimum Gasteiger partial charge on any atom is -0.443 e. The molecule has 8 heteroatoms. The molecule has 0 bridgehead atoms. The van der Waals surface area contributed by atoms with E-state index in [1.54, 1.807) is 0 Å². The molecule has 3 aromatic rings. The third-order valence-corrected chi connectivity index (χ3v) is 3.73. The zero-order chi connectivity index (χ0) is 18.7. The molecule has 0 fully saturated rings. The molecule has 134 valence electrons. The lowest BCUT2D eigenvalue weighted by Crippen LogP contribution is -2.22. The molecule has 0 spiro atoms. The lowest BCUT2D eigenvalue weighted by molar-refractivity contribution is -0.118. The second-order valence-corrected chi connectivity index (χ2v) is 5.39. The Labute approximate surface area is 146 Å². The van der Waals surface area contributed by atoms with Crippen molar-refractivity contribution in [2.45, 2.75) is 12.5 Å². The topological polar surface area (TPSA) is 78.4 Å². The van der Waals surface area contributed by atoms with Gasteiger partial charge in [-0.15, -0.1) is 0 Å². The van der Waals surface area contributed by atoms with Gasteiger partial charge in [0.2, 0.25) is 5.91 Å². The van der Waals surface area contributed by atoms with Crippen LogP contribution >= 0.6 is 0 Å². The van der Waals surface area contributed by atoms with Gasteiger partial charge >= 0.3 is 6.61 Å². The van der Waals surface area contributed by atoms with Crippen molar-refractivity contribution in [3.63, 3.8) is 0 Å². The molecular formula is C18H13F3N2O3. The lowest BCUT2D eigenvalue weighted by atomic mass is 9.89. The predicted octanol–water partition coefficient (Wildman–Crippen LogP) is 3.70. The van der Waals surface area contributed by atoms with Gasteiger partial charge in [-0.1, -0.05) is 18.2 Å². The van der Waals surface area contributed by atoms with Crippen molar-refractivity contribution in [3.05, 3.63) is 72.0 Å². The maximum Gasteiger partial charge on any atom is 0.387 e. The van der Waals surface area contributed by atoms with Gasteiger partial charge in [-0.3, -0.25) is 4.79 Å². The molecule has 1 unspecified atom stereocenters. The standard InChI is InChI=1S/C18H13F3N2O3/c19-14-7-11(4-5-13(14)15-8-23-9-25-15)16(17(22)24)10-2-1-3-12(6-10)26-18(20)21/h1-9,16,18H,(H2,22,24). The molecule has 0 radical (unpaired) electrons. The summed E-state index contributed by atoms with van der Waals surface area (Å²) in [5.74, 6) is -2.31. The highest BCUT2D eigenvalue weighted by Crippen LogP contribution is 2.31. The van der Waals surface area contributed by atoms with E-state index in [2.05, 4.69) is 9.72 Å². The SMILES string of the molecule is NC(=O)C(c1cccc(OC(F)F)c1)c1ccc(-c2cnco2)c(F)c1. The molecule has 3 rings (SSSR count). The number of aromatic nitrogens is 1. The summed E-state index contributed by atoms with van der Waals surface area (Å²) in [5.41, 5.74) is 6.21. The van der Waals surface area contributed by atoms with E-state index >= 15 is 0 Å². The molecule has 1 atom stereocenters. The van der Waals surface area contributed by atoms with Crippen molar-refractivity contribution in [2.75, 3.05) is 0 Å². The molecule has 0 aliphatic rings. The molecule has 2 aromatic carbocycles. The van der Waals surface area contributed by atoms with Crippen LogP contribution < -0.4 is 10.5 Å². The van der Waals surface area contributed by atoms with Crippen LogP contribution in [0.4, 0.5) is 13.2 Å². The molecule has 5 nitrogen and oxygen atoms in total. The molecule has 26 heavy (non-hydrogen) atoms. The summed E-state index contributed by atoms with van der Waals surface area (Å²) in [6.07, 6.45) is 2.53. The van der Waals surface area contributed by atoms with E-state index in [9.17, 15) is 18.0 Å². The van der Waals surface area contributed by atoms with E-state index in [0.717, 1.165) is 6.07 Å². The van der Waals surface area contributed by atoms with Crippen LogP contribution in [0.25, 0.3) is 11.3 Å². The molecule has 1 amide bonds. The smallest absolute Gasteiger partial charge is 0.387 e. The monoisotopic (exact) mass is 362 g/mol. The van der Waals surface area contributed by atoms with Crippen LogP contribution in [0.1, 0.15) is 17.0 Å². The van der Waals surface area contributed by atoms with Gasteiger partial charge in [-0.05, 0) is 35.4 Å². The summed E-state index contributed by atoms with van der Waals surface area (Å²) in [5, 5.41) is 0. The van der Waals surface area contributed by atoms with Gasteiger partial charge in [0, 0.05) is 0 Å². The third-order valence-electron chi connectivity index (χ3n) is 3.73. The van der Waals surface area contributed by atoms with E-state index in [4.69, 9.17) is 10.2 Å². The van der Waals surface area contributed by atoms with Gasteiger partial charge in [0.1, 0.15) is 11.6 Å². The number of alkyl halides is 2. The van der Waals surface area contributed by atoms with Crippen LogP contribution in [-0.4, -0.2) is 17.5 Å². The van der Waals surface area contributed by atoms with Gasteiger partial charge < -0.3 is 14.9 Å². The Balaban J connectivity index is 1.99. The Morgan fingerprint density at radius 1 is 1.15 bits per heavy atom. The molecule has 0 aliphatic carbocycles. The van der Waals surface area contributed by atoms with Gasteiger partial charge in [0.25, 0.3) is 0 Å². The maximum atomic E-state index is 14.4. The van der Waals surface area contributed by atoms with Crippen molar-refractivity contribution >= 4 is 5.91 Å². The second-order valence-electron chi connectivity index (χ2n) is 5.39. The number of amides is 1. The van der Waals surface area contributed by atoms with E-state index in [1.807, 2.05) is 0 Å². The number of hydrogen-bond acceptors (Lipinski definition) is 4. The zero-order valence-corrected chi connectivity index (χ0v) is 13.2. The first-order chi connectivity index (χ1) is 12.5. The maximum absolute atomic E-state index is 14.4. The Bertz CT molecular complexity index is 914. The van der Waals surface area contributed by atoms with E-state index in [-0.39, 0.29) is 22.6 Å². The highest BCUT2D eigenvalue weighted by molar-refractivity contribution is 5.86. The summed E-state index contributed by atoms with van der Waals surface area (Å²) >= 11 is 0. The summed E-state index contributed by atoms with van der Waals surface area (Å²) in [6.45, 7) is -3.00. The first kappa shape index (κ1) is 17.5. The number of carbonyl (C=O) groups is 1. The fraction of sp³-hybridized carbons (Fsp3) is 0.111. The Morgan fingerprint density at radius 3 is 2.54 bits per heavy atom. The van der Waals surface area contributed by atoms with E-state index in [1.165, 1.54) is 49.0 Å². The summed E-state index contributed by atoms with van der Waals surface area (Å²) in [7, 11) is 0. The van der Waals surface area contributed by atoms with Crippen molar-refractivity contribution in [1.29, 1.82) is 0 Å². The molecule has 2 N–H and O–H groups in total. The van der Waals surface area contributed by atoms with Crippen molar-refractivity contribution < 1.29 is 27.1 Å². The van der Waals surface area contributed by atoms with Crippen LogP contribution in [0.15, 0.2) is 59.5 Å². The average molecular weight is 362 g/mol. The second kappa shape index (κ2) is 7.30. The summed E-state index contributed by atoms with van der Waals surface area (Å²) in [6, 6.07) is 9.65. The molecule has 0 aliphatic heterocycles. The number of primary amides is 1. The molecule has 0 saturated heterocycles. The van der Waals surface area contributed by atoms with Crippen LogP contribution in [0.2, 0.25) is 0 Å². The van der Waals surface area contributed by atoms with Crippen molar-refractivity contribution in [1.82, 2.24) is 4.98 Å². The number of carbonyl (C=O) groups excluding carboxylic acids is 1. The van der Waals surface area contributed by atoms with Crippen molar-refractivity contribution in [2.24, 2.45) is 5.73 Å². The van der Waals surface area contributed by atoms with Crippen molar-refractivity contribution in [3.8, 4) is 17.1 Å². The lowest BCUT2D eigenvalue weighted by Gasteiger charge is -2.16.